The summed E-state index contributed by atoms with van der Waals surface area (Å²) in [5.74, 6) is 3.44. The lowest BCUT2D eigenvalue weighted by Crippen LogP contribution is -2.27. The van der Waals surface area contributed by atoms with Gasteiger partial charge in [0.2, 0.25) is 0 Å². The minimum atomic E-state index is -0.557. The van der Waals surface area contributed by atoms with Crippen LogP contribution in [0.1, 0.15) is 54.1 Å². The van der Waals surface area contributed by atoms with E-state index in [1.54, 1.807) is 6.20 Å². The Labute approximate surface area is 134 Å². The zero-order valence-corrected chi connectivity index (χ0v) is 13.1. The molecular weight excluding hydrogens is 292 g/mol. The molecule has 0 spiro atoms. The molecule has 2 saturated carbocycles. The van der Waals surface area contributed by atoms with Crippen molar-refractivity contribution < 1.29 is 9.21 Å². The van der Waals surface area contributed by atoms with E-state index in [-0.39, 0.29) is 5.69 Å². The quantitative estimate of drug-likeness (QED) is 0.885. The average Bonchev–Trinajstić information content (AvgIpc) is 3.46. The number of furan rings is 1. The first kappa shape index (κ1) is 14.2. The van der Waals surface area contributed by atoms with Gasteiger partial charge in [0.1, 0.15) is 23.0 Å². The van der Waals surface area contributed by atoms with E-state index >= 15 is 0 Å². The maximum atomic E-state index is 11.3. The molecule has 2 N–H and O–H groups in total. The number of hydrogen-bond donors (Lipinski definition) is 1. The van der Waals surface area contributed by atoms with Crippen LogP contribution in [0.4, 0.5) is 5.82 Å². The Hall–Kier alpha value is -2.37. The van der Waals surface area contributed by atoms with E-state index < -0.39 is 5.91 Å². The number of anilines is 1. The molecule has 0 aliphatic heterocycles. The van der Waals surface area contributed by atoms with E-state index in [2.05, 4.69) is 27.9 Å². The van der Waals surface area contributed by atoms with Crippen LogP contribution in [0.25, 0.3) is 0 Å². The van der Waals surface area contributed by atoms with E-state index in [1.165, 1.54) is 12.6 Å². The third kappa shape index (κ3) is 2.93. The van der Waals surface area contributed by atoms with E-state index in [0.717, 1.165) is 30.3 Å². The summed E-state index contributed by atoms with van der Waals surface area (Å²) in [4.78, 5) is 21.9. The van der Waals surface area contributed by atoms with Crippen molar-refractivity contribution in [1.82, 2.24) is 9.97 Å². The van der Waals surface area contributed by atoms with Crippen molar-refractivity contribution in [3.05, 3.63) is 41.7 Å². The van der Waals surface area contributed by atoms with E-state index in [1.807, 2.05) is 6.07 Å². The van der Waals surface area contributed by atoms with Crippen molar-refractivity contribution in [2.45, 2.75) is 44.7 Å². The molecule has 2 aromatic rings. The molecule has 1 amide bonds. The van der Waals surface area contributed by atoms with Crippen molar-refractivity contribution in [1.29, 1.82) is 0 Å². The summed E-state index contributed by atoms with van der Waals surface area (Å²) in [5, 5.41) is 0. The number of nitrogens with zero attached hydrogens (tertiary/aromatic N) is 3. The summed E-state index contributed by atoms with van der Waals surface area (Å²) in [6.45, 7) is 2.89. The Balaban J connectivity index is 1.55. The molecular formula is C17H20N4O2. The Morgan fingerprint density at radius 2 is 2.17 bits per heavy atom. The summed E-state index contributed by atoms with van der Waals surface area (Å²) in [6, 6.07) is 4.56. The third-order valence-corrected chi connectivity index (χ3v) is 4.64. The molecule has 2 atom stereocenters. The van der Waals surface area contributed by atoms with Gasteiger partial charge in [-0.05, 0) is 37.3 Å². The molecule has 2 fully saturated rings. The van der Waals surface area contributed by atoms with E-state index in [9.17, 15) is 4.79 Å². The molecule has 2 aromatic heterocycles. The Kier molecular flexibility index (Phi) is 3.32. The molecule has 23 heavy (non-hydrogen) atoms. The first-order chi connectivity index (χ1) is 11.1. The summed E-state index contributed by atoms with van der Waals surface area (Å²) in [7, 11) is 0. The highest BCUT2D eigenvalue weighted by atomic mass is 16.3. The van der Waals surface area contributed by atoms with Gasteiger partial charge in [-0.1, -0.05) is 6.92 Å². The minimum Gasteiger partial charge on any atom is -0.464 e. The van der Waals surface area contributed by atoms with Crippen LogP contribution in [-0.4, -0.2) is 21.9 Å². The van der Waals surface area contributed by atoms with Crippen LogP contribution in [0.5, 0.6) is 0 Å². The Bertz CT molecular complexity index is 738. The van der Waals surface area contributed by atoms with Crippen LogP contribution in [0.15, 0.2) is 28.9 Å². The second-order valence-corrected chi connectivity index (χ2v) is 6.61. The number of hydrogen-bond acceptors (Lipinski definition) is 5. The van der Waals surface area contributed by atoms with Crippen molar-refractivity contribution in [3.63, 3.8) is 0 Å². The van der Waals surface area contributed by atoms with Gasteiger partial charge < -0.3 is 15.1 Å². The van der Waals surface area contributed by atoms with Crippen molar-refractivity contribution >= 4 is 11.7 Å². The highest BCUT2D eigenvalue weighted by Gasteiger charge is 2.37. The van der Waals surface area contributed by atoms with Crippen LogP contribution in [0.2, 0.25) is 0 Å². The van der Waals surface area contributed by atoms with Crippen molar-refractivity contribution in [2.75, 3.05) is 4.90 Å². The second kappa shape index (κ2) is 5.37. The molecule has 120 valence electrons. The molecule has 0 radical (unpaired) electrons. The molecule has 0 bridgehead atoms. The van der Waals surface area contributed by atoms with Gasteiger partial charge in [-0.15, -0.1) is 0 Å². The van der Waals surface area contributed by atoms with Gasteiger partial charge in [-0.25, -0.2) is 4.98 Å². The molecule has 2 aliphatic rings. The minimum absolute atomic E-state index is 0.195. The van der Waals surface area contributed by atoms with Gasteiger partial charge in [-0.3, -0.25) is 9.78 Å². The molecule has 2 heterocycles. The number of nitrogens with two attached hydrogens (primary N) is 1. The number of rotatable bonds is 6. The zero-order chi connectivity index (χ0) is 16.0. The number of amides is 1. The van der Waals surface area contributed by atoms with Gasteiger partial charge in [0.15, 0.2) is 0 Å². The lowest BCUT2D eigenvalue weighted by molar-refractivity contribution is 0.0995. The van der Waals surface area contributed by atoms with Gasteiger partial charge in [0.25, 0.3) is 5.91 Å². The second-order valence-electron chi connectivity index (χ2n) is 6.61. The number of carbonyl (C=O) groups excluding carboxylic acids is 1. The topological polar surface area (TPSA) is 85.3 Å². The molecule has 2 aliphatic carbocycles. The average molecular weight is 312 g/mol. The Morgan fingerprint density at radius 3 is 2.83 bits per heavy atom. The maximum Gasteiger partial charge on any atom is 0.268 e. The molecule has 0 saturated heterocycles. The lowest BCUT2D eigenvalue weighted by atomic mass is 10.3. The monoisotopic (exact) mass is 312 g/mol. The Morgan fingerprint density at radius 1 is 1.39 bits per heavy atom. The lowest BCUT2D eigenvalue weighted by Gasteiger charge is -2.22. The van der Waals surface area contributed by atoms with Crippen LogP contribution in [-0.2, 0) is 6.54 Å². The fourth-order valence-corrected chi connectivity index (χ4v) is 2.96. The molecule has 0 aromatic carbocycles. The summed E-state index contributed by atoms with van der Waals surface area (Å²) < 4.78 is 6.00. The predicted molar refractivity (Wildman–Crippen MR) is 85.0 cm³/mol. The fourth-order valence-electron chi connectivity index (χ4n) is 2.96. The van der Waals surface area contributed by atoms with Crippen LogP contribution >= 0.6 is 0 Å². The van der Waals surface area contributed by atoms with Gasteiger partial charge in [0.05, 0.1) is 18.9 Å². The molecule has 4 rings (SSSR count). The zero-order valence-electron chi connectivity index (χ0n) is 13.1. The normalized spacial score (nSPS) is 22.8. The number of aromatic nitrogens is 2. The standard InChI is InChI=1S/C17H20N4O2/c1-10-6-13(10)15-5-4-12(23-15)9-21(11-2-3-11)16-8-19-7-14(20-16)17(18)22/h4-5,7-8,10-11,13H,2-3,6,9H2,1H3,(H2,18,22)/t10-,13-/m1/s1. The van der Waals surface area contributed by atoms with E-state index in [4.69, 9.17) is 10.2 Å². The van der Waals surface area contributed by atoms with Crippen LogP contribution < -0.4 is 10.6 Å². The third-order valence-electron chi connectivity index (χ3n) is 4.64. The molecule has 6 heteroatoms. The van der Waals surface area contributed by atoms with Crippen molar-refractivity contribution in [2.24, 2.45) is 11.7 Å². The summed E-state index contributed by atoms with van der Waals surface area (Å²) in [6.07, 6.45) is 6.53. The van der Waals surface area contributed by atoms with Crippen LogP contribution in [0.3, 0.4) is 0 Å². The molecule has 6 nitrogen and oxygen atoms in total. The van der Waals surface area contributed by atoms with Gasteiger partial charge >= 0.3 is 0 Å². The predicted octanol–water partition coefficient (Wildman–Crippen LogP) is 2.46. The van der Waals surface area contributed by atoms with Gasteiger partial charge in [-0.2, -0.15) is 0 Å². The van der Waals surface area contributed by atoms with E-state index in [0.29, 0.717) is 24.3 Å². The largest absolute Gasteiger partial charge is 0.464 e. The SMILES string of the molecule is C[C@@H]1C[C@H]1c1ccc(CN(c2cncc(C(N)=O)n2)C2CC2)o1. The maximum absolute atomic E-state index is 11.3. The first-order valence-corrected chi connectivity index (χ1v) is 8.09. The van der Waals surface area contributed by atoms with Crippen molar-refractivity contribution in [3.8, 4) is 0 Å². The fraction of sp³-hybridized carbons (Fsp3) is 0.471. The summed E-state index contributed by atoms with van der Waals surface area (Å²) >= 11 is 0. The number of carbonyl (C=O) groups is 1. The smallest absolute Gasteiger partial charge is 0.268 e. The highest BCUT2D eigenvalue weighted by Crippen LogP contribution is 2.47. The van der Waals surface area contributed by atoms with Crippen LogP contribution in [0, 0.1) is 5.92 Å². The summed E-state index contributed by atoms with van der Waals surface area (Å²) in [5.41, 5.74) is 5.50. The molecule has 0 unspecified atom stereocenters. The highest BCUT2D eigenvalue weighted by molar-refractivity contribution is 5.90. The number of primary amides is 1. The first-order valence-electron chi connectivity index (χ1n) is 8.09. The van der Waals surface area contributed by atoms with Gasteiger partial charge in [0, 0.05) is 12.0 Å².